The largest absolute Gasteiger partial charge is 0.493 e. The van der Waals surface area contributed by atoms with E-state index in [9.17, 15) is 0 Å². The first-order chi connectivity index (χ1) is 13.2. The Morgan fingerprint density at radius 2 is 1.96 bits per heavy atom. The predicted octanol–water partition coefficient (Wildman–Crippen LogP) is 3.23. The maximum absolute atomic E-state index is 6.29. The molecule has 1 saturated carbocycles. The van der Waals surface area contributed by atoms with E-state index in [1.807, 2.05) is 29.9 Å². The van der Waals surface area contributed by atoms with E-state index in [2.05, 4.69) is 26.8 Å². The number of halogens is 1. The van der Waals surface area contributed by atoms with Crippen molar-refractivity contribution in [3.8, 4) is 11.5 Å². The standard InChI is InChI=1S/C20H29N5O2.HI/c1-21-20(23-14-16-11-12-24-25(16)2)22-13-15-7-6-10-18(26-3)19(15)27-17-8-4-5-9-17;/h6-7,10-12,17H,4-5,8-9,13-14H2,1-3H3,(H2,21,22,23);1H. The number of para-hydroxylation sites is 1. The summed E-state index contributed by atoms with van der Waals surface area (Å²) in [5.74, 6) is 2.34. The number of aromatic nitrogens is 2. The molecule has 2 N–H and O–H groups in total. The molecular weight excluding hydrogens is 469 g/mol. The van der Waals surface area contributed by atoms with Crippen molar-refractivity contribution in [1.82, 2.24) is 20.4 Å². The third-order valence-corrected chi connectivity index (χ3v) is 4.90. The first-order valence-electron chi connectivity index (χ1n) is 9.45. The fraction of sp³-hybridized carbons (Fsp3) is 0.500. The van der Waals surface area contributed by atoms with Crippen molar-refractivity contribution >= 4 is 29.9 Å². The smallest absolute Gasteiger partial charge is 0.191 e. The molecule has 154 valence electrons. The molecule has 1 aromatic carbocycles. The first-order valence-corrected chi connectivity index (χ1v) is 9.45. The topological polar surface area (TPSA) is 72.7 Å². The van der Waals surface area contributed by atoms with Crippen LogP contribution in [-0.2, 0) is 20.1 Å². The van der Waals surface area contributed by atoms with Crippen LogP contribution < -0.4 is 20.1 Å². The second-order valence-electron chi connectivity index (χ2n) is 6.70. The number of benzene rings is 1. The SMILES string of the molecule is CN=C(NCc1cccc(OC)c1OC1CCCC1)NCc1ccnn1C.I. The lowest BCUT2D eigenvalue weighted by Crippen LogP contribution is -2.36. The third-order valence-electron chi connectivity index (χ3n) is 4.90. The van der Waals surface area contributed by atoms with Crippen LogP contribution in [0.3, 0.4) is 0 Å². The Balaban J connectivity index is 0.00000280. The van der Waals surface area contributed by atoms with Crippen LogP contribution in [0.4, 0.5) is 0 Å². The summed E-state index contributed by atoms with van der Waals surface area (Å²) in [5.41, 5.74) is 2.15. The summed E-state index contributed by atoms with van der Waals surface area (Å²) in [6.45, 7) is 1.25. The lowest BCUT2D eigenvalue weighted by atomic mass is 10.1. The second kappa shape index (κ2) is 11.1. The summed E-state index contributed by atoms with van der Waals surface area (Å²) in [7, 11) is 5.37. The van der Waals surface area contributed by atoms with Gasteiger partial charge in [-0.25, -0.2) is 0 Å². The quantitative estimate of drug-likeness (QED) is 0.348. The highest BCUT2D eigenvalue weighted by atomic mass is 127. The Labute approximate surface area is 183 Å². The van der Waals surface area contributed by atoms with Gasteiger partial charge in [0.15, 0.2) is 17.5 Å². The number of guanidine groups is 1. The van der Waals surface area contributed by atoms with Crippen molar-refractivity contribution in [2.75, 3.05) is 14.2 Å². The van der Waals surface area contributed by atoms with E-state index < -0.39 is 0 Å². The molecule has 0 aliphatic heterocycles. The molecule has 0 amide bonds. The summed E-state index contributed by atoms with van der Waals surface area (Å²) in [6.07, 6.45) is 6.76. The molecule has 1 fully saturated rings. The molecule has 1 aliphatic carbocycles. The minimum Gasteiger partial charge on any atom is -0.493 e. The fourth-order valence-corrected chi connectivity index (χ4v) is 3.32. The maximum Gasteiger partial charge on any atom is 0.191 e. The molecule has 28 heavy (non-hydrogen) atoms. The van der Waals surface area contributed by atoms with Crippen molar-refractivity contribution in [2.24, 2.45) is 12.0 Å². The monoisotopic (exact) mass is 499 g/mol. The van der Waals surface area contributed by atoms with Gasteiger partial charge in [0.25, 0.3) is 0 Å². The normalized spacial score (nSPS) is 14.5. The summed E-state index contributed by atoms with van der Waals surface area (Å²) in [6, 6.07) is 7.98. The van der Waals surface area contributed by atoms with Gasteiger partial charge in [0.1, 0.15) is 0 Å². The highest BCUT2D eigenvalue weighted by Gasteiger charge is 2.20. The summed E-state index contributed by atoms with van der Waals surface area (Å²) >= 11 is 0. The molecule has 8 heteroatoms. The molecule has 0 atom stereocenters. The average Bonchev–Trinajstić information content (AvgIpc) is 3.34. The van der Waals surface area contributed by atoms with Gasteiger partial charge in [-0.3, -0.25) is 9.67 Å². The van der Waals surface area contributed by atoms with E-state index in [1.165, 1.54) is 12.8 Å². The van der Waals surface area contributed by atoms with Crippen LogP contribution in [0.15, 0.2) is 35.5 Å². The zero-order valence-corrected chi connectivity index (χ0v) is 19.1. The van der Waals surface area contributed by atoms with Gasteiger partial charge >= 0.3 is 0 Å². The summed E-state index contributed by atoms with van der Waals surface area (Å²) < 4.78 is 13.7. The Bertz CT molecular complexity index is 772. The maximum atomic E-state index is 6.29. The third kappa shape index (κ3) is 5.76. The molecule has 1 heterocycles. The van der Waals surface area contributed by atoms with Crippen LogP contribution in [0, 0.1) is 0 Å². The van der Waals surface area contributed by atoms with Gasteiger partial charge in [0.05, 0.1) is 25.5 Å². The molecule has 1 aromatic heterocycles. The van der Waals surface area contributed by atoms with Crippen LogP contribution in [-0.4, -0.2) is 36.0 Å². The Hall–Kier alpha value is -1.97. The molecule has 7 nitrogen and oxygen atoms in total. The molecule has 0 spiro atoms. The molecule has 0 unspecified atom stereocenters. The van der Waals surface area contributed by atoms with Gasteiger partial charge in [0, 0.05) is 32.4 Å². The van der Waals surface area contributed by atoms with Gasteiger partial charge in [0.2, 0.25) is 0 Å². The number of nitrogens with zero attached hydrogens (tertiary/aromatic N) is 3. The first kappa shape index (κ1) is 22.3. The number of rotatable bonds is 7. The molecule has 0 radical (unpaired) electrons. The fourth-order valence-electron chi connectivity index (χ4n) is 3.32. The zero-order chi connectivity index (χ0) is 19.1. The lowest BCUT2D eigenvalue weighted by molar-refractivity contribution is 0.198. The number of nitrogens with one attached hydrogen (secondary N) is 2. The van der Waals surface area contributed by atoms with Crippen molar-refractivity contribution in [3.05, 3.63) is 41.7 Å². The Kier molecular flexibility index (Phi) is 8.88. The van der Waals surface area contributed by atoms with Crippen LogP contribution in [0.2, 0.25) is 0 Å². The number of methoxy groups -OCH3 is 1. The lowest BCUT2D eigenvalue weighted by Gasteiger charge is -2.20. The van der Waals surface area contributed by atoms with Crippen LogP contribution in [0.5, 0.6) is 11.5 Å². The van der Waals surface area contributed by atoms with E-state index >= 15 is 0 Å². The predicted molar refractivity (Wildman–Crippen MR) is 122 cm³/mol. The van der Waals surface area contributed by atoms with Crippen molar-refractivity contribution < 1.29 is 9.47 Å². The number of hydrogen-bond donors (Lipinski definition) is 2. The van der Waals surface area contributed by atoms with Crippen LogP contribution in [0.1, 0.15) is 36.9 Å². The number of aliphatic imine (C=N–C) groups is 1. The van der Waals surface area contributed by atoms with Crippen molar-refractivity contribution in [3.63, 3.8) is 0 Å². The summed E-state index contributed by atoms with van der Waals surface area (Å²) in [5, 5.41) is 10.8. The zero-order valence-electron chi connectivity index (χ0n) is 16.8. The number of aryl methyl sites for hydroxylation is 1. The van der Waals surface area contributed by atoms with E-state index in [1.54, 1.807) is 20.4 Å². The van der Waals surface area contributed by atoms with E-state index in [0.717, 1.165) is 41.6 Å². The molecule has 2 aromatic rings. The van der Waals surface area contributed by atoms with Gasteiger partial charge in [-0.05, 0) is 37.8 Å². The summed E-state index contributed by atoms with van der Waals surface area (Å²) in [4.78, 5) is 4.30. The van der Waals surface area contributed by atoms with Crippen LogP contribution in [0.25, 0.3) is 0 Å². The molecule has 0 bridgehead atoms. The second-order valence-corrected chi connectivity index (χ2v) is 6.70. The van der Waals surface area contributed by atoms with Crippen molar-refractivity contribution in [2.45, 2.75) is 44.9 Å². The van der Waals surface area contributed by atoms with Crippen molar-refractivity contribution in [1.29, 1.82) is 0 Å². The van der Waals surface area contributed by atoms with Crippen LogP contribution >= 0.6 is 24.0 Å². The van der Waals surface area contributed by atoms with Gasteiger partial charge in [-0.15, -0.1) is 24.0 Å². The van der Waals surface area contributed by atoms with E-state index in [4.69, 9.17) is 9.47 Å². The molecular formula is C20H30IN5O2. The highest BCUT2D eigenvalue weighted by Crippen LogP contribution is 2.34. The minimum absolute atomic E-state index is 0. The van der Waals surface area contributed by atoms with E-state index in [-0.39, 0.29) is 30.1 Å². The Morgan fingerprint density at radius 1 is 1.21 bits per heavy atom. The van der Waals surface area contributed by atoms with Gasteiger partial charge < -0.3 is 20.1 Å². The highest BCUT2D eigenvalue weighted by molar-refractivity contribution is 14.0. The van der Waals surface area contributed by atoms with Gasteiger partial charge in [-0.2, -0.15) is 5.10 Å². The molecule has 3 rings (SSSR count). The number of hydrogen-bond acceptors (Lipinski definition) is 4. The van der Waals surface area contributed by atoms with E-state index in [0.29, 0.717) is 13.1 Å². The molecule has 0 saturated heterocycles. The molecule has 1 aliphatic rings. The number of ether oxygens (including phenoxy) is 2. The van der Waals surface area contributed by atoms with Gasteiger partial charge in [-0.1, -0.05) is 12.1 Å². The Morgan fingerprint density at radius 3 is 2.61 bits per heavy atom. The average molecular weight is 499 g/mol. The minimum atomic E-state index is 0.